The van der Waals surface area contributed by atoms with Crippen molar-refractivity contribution >= 4 is 0 Å². The predicted molar refractivity (Wildman–Crippen MR) is 77.7 cm³/mol. The van der Waals surface area contributed by atoms with Gasteiger partial charge in [-0.2, -0.15) is 0 Å². The lowest BCUT2D eigenvalue weighted by Crippen LogP contribution is -2.46. The van der Waals surface area contributed by atoms with Crippen molar-refractivity contribution in [3.05, 3.63) is 0 Å². The predicted octanol–water partition coefficient (Wildman–Crippen LogP) is 4.39. The first-order valence-corrected chi connectivity index (χ1v) is 8.85. The van der Waals surface area contributed by atoms with Gasteiger partial charge in [-0.15, -0.1) is 0 Å². The quantitative estimate of drug-likeness (QED) is 0.686. The Morgan fingerprint density at radius 1 is 0.895 bits per heavy atom. The van der Waals surface area contributed by atoms with Gasteiger partial charge in [0.1, 0.15) is 0 Å². The summed E-state index contributed by atoms with van der Waals surface area (Å²) in [5, 5.41) is 10.1. The van der Waals surface area contributed by atoms with Crippen LogP contribution in [-0.4, -0.2) is 11.2 Å². The third kappa shape index (κ3) is 1.91. The molecule has 4 aliphatic carbocycles. The van der Waals surface area contributed by atoms with Crippen molar-refractivity contribution in [3.63, 3.8) is 0 Å². The van der Waals surface area contributed by atoms with E-state index in [-0.39, 0.29) is 6.10 Å². The van der Waals surface area contributed by atoms with Crippen LogP contribution >= 0.6 is 0 Å². The van der Waals surface area contributed by atoms with E-state index in [1.165, 1.54) is 51.4 Å². The van der Waals surface area contributed by atoms with Gasteiger partial charge in [0.25, 0.3) is 0 Å². The molecule has 0 aromatic carbocycles. The Balaban J connectivity index is 1.58. The van der Waals surface area contributed by atoms with Crippen LogP contribution in [0.4, 0.5) is 0 Å². The average Bonchev–Trinajstić information content (AvgIpc) is 2.73. The van der Waals surface area contributed by atoms with E-state index in [0.717, 1.165) is 42.4 Å². The normalized spacial score (nSPS) is 57.2. The van der Waals surface area contributed by atoms with Crippen molar-refractivity contribution in [2.75, 3.05) is 0 Å². The molecule has 1 nitrogen and oxygen atoms in total. The van der Waals surface area contributed by atoms with Crippen molar-refractivity contribution in [1.82, 2.24) is 0 Å². The van der Waals surface area contributed by atoms with E-state index >= 15 is 0 Å². The molecule has 0 aliphatic heterocycles. The van der Waals surface area contributed by atoms with E-state index in [9.17, 15) is 5.11 Å². The minimum Gasteiger partial charge on any atom is -0.393 e. The van der Waals surface area contributed by atoms with Gasteiger partial charge in [0.2, 0.25) is 0 Å². The van der Waals surface area contributed by atoms with Crippen LogP contribution < -0.4 is 0 Å². The molecule has 0 aromatic rings. The van der Waals surface area contributed by atoms with Crippen molar-refractivity contribution in [2.45, 2.75) is 77.2 Å². The van der Waals surface area contributed by atoms with Gasteiger partial charge in [0.05, 0.1) is 6.10 Å². The molecule has 4 saturated carbocycles. The second-order valence-electron chi connectivity index (χ2n) is 8.51. The van der Waals surface area contributed by atoms with Crippen LogP contribution in [0.15, 0.2) is 0 Å². The highest BCUT2D eigenvalue weighted by atomic mass is 16.3. The standard InChI is InChI=1S/C18H30O/c1-18-9-8-15-14-5-3-2-4-12(14)6-7-16(15)17(18)10-13(19)11-18/h12-17,19H,2-11H2,1H3. The Bertz CT molecular complexity index is 352. The molecular weight excluding hydrogens is 232 g/mol. The number of hydrogen-bond acceptors (Lipinski definition) is 1. The van der Waals surface area contributed by atoms with Crippen molar-refractivity contribution < 1.29 is 5.11 Å². The monoisotopic (exact) mass is 262 g/mol. The lowest BCUT2D eigenvalue weighted by molar-refractivity contribution is -0.0492. The molecule has 108 valence electrons. The summed E-state index contributed by atoms with van der Waals surface area (Å²) in [5.74, 6) is 4.99. The molecule has 0 spiro atoms. The number of rotatable bonds is 0. The molecule has 0 radical (unpaired) electrons. The molecule has 0 amide bonds. The van der Waals surface area contributed by atoms with E-state index in [1.54, 1.807) is 0 Å². The summed E-state index contributed by atoms with van der Waals surface area (Å²) in [6, 6.07) is 0. The van der Waals surface area contributed by atoms with Gasteiger partial charge in [0.15, 0.2) is 0 Å². The molecule has 1 N–H and O–H groups in total. The SMILES string of the molecule is CC12CCC3C4CCCCC4CCC3C1CC(O)C2. The van der Waals surface area contributed by atoms with Gasteiger partial charge in [-0.3, -0.25) is 0 Å². The van der Waals surface area contributed by atoms with Gasteiger partial charge in [0, 0.05) is 0 Å². The Hall–Kier alpha value is -0.0400. The van der Waals surface area contributed by atoms with E-state index in [1.807, 2.05) is 0 Å². The third-order valence-electron chi connectivity index (χ3n) is 7.63. The molecule has 1 heteroatoms. The molecule has 7 atom stereocenters. The Morgan fingerprint density at radius 3 is 2.63 bits per heavy atom. The fourth-order valence-electron chi connectivity index (χ4n) is 6.85. The van der Waals surface area contributed by atoms with Crippen LogP contribution in [-0.2, 0) is 0 Å². The van der Waals surface area contributed by atoms with Crippen LogP contribution in [0.1, 0.15) is 71.1 Å². The molecule has 4 rings (SSSR count). The molecular formula is C18H30O. The number of hydrogen-bond donors (Lipinski definition) is 1. The van der Waals surface area contributed by atoms with Crippen LogP contribution in [0.25, 0.3) is 0 Å². The first kappa shape index (κ1) is 12.7. The highest BCUT2D eigenvalue weighted by molar-refractivity contribution is 5.04. The third-order valence-corrected chi connectivity index (χ3v) is 7.63. The molecule has 0 aromatic heterocycles. The molecule has 4 aliphatic rings. The maximum absolute atomic E-state index is 10.1. The first-order valence-electron chi connectivity index (χ1n) is 8.85. The maximum atomic E-state index is 10.1. The zero-order valence-electron chi connectivity index (χ0n) is 12.5. The second-order valence-corrected chi connectivity index (χ2v) is 8.51. The molecule has 0 saturated heterocycles. The maximum Gasteiger partial charge on any atom is 0.0548 e. The molecule has 7 unspecified atom stereocenters. The van der Waals surface area contributed by atoms with E-state index in [4.69, 9.17) is 0 Å². The number of fused-ring (bicyclic) bond motifs is 5. The fourth-order valence-corrected chi connectivity index (χ4v) is 6.85. The van der Waals surface area contributed by atoms with Gasteiger partial charge >= 0.3 is 0 Å². The lowest BCUT2D eigenvalue weighted by atomic mass is 9.51. The minimum absolute atomic E-state index is 0.0119. The Labute approximate surface area is 118 Å². The van der Waals surface area contributed by atoms with Crippen LogP contribution in [0.3, 0.4) is 0 Å². The lowest BCUT2D eigenvalue weighted by Gasteiger charge is -2.54. The summed E-state index contributed by atoms with van der Waals surface area (Å²) in [4.78, 5) is 0. The summed E-state index contributed by atoms with van der Waals surface area (Å²) >= 11 is 0. The molecule has 19 heavy (non-hydrogen) atoms. The average molecular weight is 262 g/mol. The van der Waals surface area contributed by atoms with E-state index in [0.29, 0.717) is 5.41 Å². The largest absolute Gasteiger partial charge is 0.393 e. The highest BCUT2D eigenvalue weighted by Gasteiger charge is 2.54. The number of aliphatic hydroxyl groups is 1. The fraction of sp³-hybridized carbons (Fsp3) is 1.00. The minimum atomic E-state index is 0.0119. The van der Waals surface area contributed by atoms with Crippen molar-refractivity contribution in [1.29, 1.82) is 0 Å². The topological polar surface area (TPSA) is 20.2 Å². The van der Waals surface area contributed by atoms with E-state index < -0.39 is 0 Å². The summed E-state index contributed by atoms with van der Waals surface area (Å²) in [6.07, 6.45) is 14.1. The van der Waals surface area contributed by atoms with Crippen LogP contribution in [0.5, 0.6) is 0 Å². The highest BCUT2D eigenvalue weighted by Crippen LogP contribution is 2.62. The van der Waals surface area contributed by atoms with Crippen molar-refractivity contribution in [2.24, 2.45) is 35.0 Å². The van der Waals surface area contributed by atoms with Gasteiger partial charge in [-0.25, -0.2) is 0 Å². The summed E-state index contributed by atoms with van der Waals surface area (Å²) in [7, 11) is 0. The number of aliphatic hydroxyl groups excluding tert-OH is 1. The molecule has 0 bridgehead atoms. The van der Waals surface area contributed by atoms with Crippen LogP contribution in [0.2, 0.25) is 0 Å². The van der Waals surface area contributed by atoms with Crippen LogP contribution in [0, 0.1) is 35.0 Å². The van der Waals surface area contributed by atoms with Gasteiger partial charge in [-0.1, -0.05) is 26.2 Å². The van der Waals surface area contributed by atoms with Gasteiger partial charge < -0.3 is 5.11 Å². The first-order chi connectivity index (χ1) is 9.17. The smallest absolute Gasteiger partial charge is 0.0548 e. The zero-order valence-corrected chi connectivity index (χ0v) is 12.5. The van der Waals surface area contributed by atoms with Gasteiger partial charge in [-0.05, 0) is 80.0 Å². The molecule has 0 heterocycles. The summed E-state index contributed by atoms with van der Waals surface area (Å²) in [5.41, 5.74) is 0.488. The van der Waals surface area contributed by atoms with E-state index in [2.05, 4.69) is 6.92 Å². The van der Waals surface area contributed by atoms with Crippen molar-refractivity contribution in [3.8, 4) is 0 Å². The Kier molecular flexibility index (Phi) is 2.99. The second kappa shape index (κ2) is 4.48. The zero-order chi connectivity index (χ0) is 13.0. The molecule has 4 fully saturated rings. The summed E-state index contributed by atoms with van der Waals surface area (Å²) in [6.45, 7) is 2.48. The summed E-state index contributed by atoms with van der Waals surface area (Å²) < 4.78 is 0. The Morgan fingerprint density at radius 2 is 1.74 bits per heavy atom.